The van der Waals surface area contributed by atoms with Gasteiger partial charge < -0.3 is 5.32 Å². The van der Waals surface area contributed by atoms with E-state index in [4.69, 9.17) is 0 Å². The van der Waals surface area contributed by atoms with E-state index in [9.17, 15) is 0 Å². The fourth-order valence-corrected chi connectivity index (χ4v) is 3.63. The Morgan fingerprint density at radius 3 is 2.78 bits per heavy atom. The third-order valence-electron chi connectivity index (χ3n) is 3.57. The molecule has 0 radical (unpaired) electrons. The van der Waals surface area contributed by atoms with Gasteiger partial charge >= 0.3 is 0 Å². The molecule has 2 heteroatoms. The summed E-state index contributed by atoms with van der Waals surface area (Å²) in [6.45, 7) is 5.37. The van der Waals surface area contributed by atoms with E-state index in [0.717, 1.165) is 12.5 Å². The number of hydrogen-bond donors (Lipinski definition) is 1. The predicted molar refractivity (Wildman–Crippen MR) is 81.1 cm³/mol. The zero-order valence-electron chi connectivity index (χ0n) is 11.6. The fraction of sp³-hybridized carbons (Fsp3) is 0.625. The van der Waals surface area contributed by atoms with Crippen molar-refractivity contribution in [2.24, 2.45) is 5.92 Å². The minimum absolute atomic E-state index is 0.555. The molecule has 1 nitrogen and oxygen atoms in total. The molecule has 1 aromatic rings. The van der Waals surface area contributed by atoms with E-state index >= 15 is 0 Å². The van der Waals surface area contributed by atoms with E-state index < -0.39 is 0 Å². The first kappa shape index (κ1) is 14.0. The molecule has 2 rings (SSSR count). The lowest BCUT2D eigenvalue weighted by molar-refractivity contribution is 0.588. The first-order chi connectivity index (χ1) is 8.74. The molecule has 1 fully saturated rings. The molecule has 0 atom stereocenters. The summed E-state index contributed by atoms with van der Waals surface area (Å²) < 4.78 is 0. The van der Waals surface area contributed by atoms with Crippen LogP contribution in [0.5, 0.6) is 0 Å². The molecule has 18 heavy (non-hydrogen) atoms. The van der Waals surface area contributed by atoms with Crippen LogP contribution in [-0.2, 0) is 6.54 Å². The average Bonchev–Trinajstić information content (AvgIpc) is 2.87. The van der Waals surface area contributed by atoms with Gasteiger partial charge in [0.1, 0.15) is 0 Å². The largest absolute Gasteiger partial charge is 0.310 e. The van der Waals surface area contributed by atoms with Crippen molar-refractivity contribution in [2.75, 3.05) is 5.75 Å². The topological polar surface area (TPSA) is 12.0 Å². The monoisotopic (exact) mass is 263 g/mol. The van der Waals surface area contributed by atoms with Gasteiger partial charge in [0, 0.05) is 23.2 Å². The maximum absolute atomic E-state index is 3.48. The van der Waals surface area contributed by atoms with Crippen LogP contribution < -0.4 is 5.32 Å². The summed E-state index contributed by atoms with van der Waals surface area (Å²) in [6.07, 6.45) is 5.79. The smallest absolute Gasteiger partial charge is 0.0208 e. The van der Waals surface area contributed by atoms with E-state index in [1.54, 1.807) is 0 Å². The second kappa shape index (κ2) is 7.20. The SMILES string of the molecule is CC(C)NCc1cccc(SCC2CCCC2)c1. The molecular formula is C16H25NS. The molecule has 0 amide bonds. The Kier molecular flexibility index (Phi) is 5.58. The minimum Gasteiger partial charge on any atom is -0.310 e. The molecule has 0 aromatic heterocycles. The van der Waals surface area contributed by atoms with Crippen LogP contribution in [0.25, 0.3) is 0 Å². The van der Waals surface area contributed by atoms with Crippen molar-refractivity contribution >= 4 is 11.8 Å². The van der Waals surface area contributed by atoms with Crippen LogP contribution in [0.2, 0.25) is 0 Å². The Morgan fingerprint density at radius 2 is 2.06 bits per heavy atom. The second-order valence-electron chi connectivity index (χ2n) is 5.64. The predicted octanol–water partition coefficient (Wildman–Crippen LogP) is 4.47. The van der Waals surface area contributed by atoms with Crippen molar-refractivity contribution in [2.45, 2.75) is 57.0 Å². The van der Waals surface area contributed by atoms with Crippen LogP contribution in [0, 0.1) is 5.92 Å². The summed E-state index contributed by atoms with van der Waals surface area (Å²) in [5.41, 5.74) is 1.40. The molecule has 1 aromatic carbocycles. The molecule has 0 aliphatic heterocycles. The number of nitrogens with one attached hydrogen (secondary N) is 1. The summed E-state index contributed by atoms with van der Waals surface area (Å²) in [7, 11) is 0. The normalized spacial score (nSPS) is 16.6. The van der Waals surface area contributed by atoms with Crippen LogP contribution in [-0.4, -0.2) is 11.8 Å². The van der Waals surface area contributed by atoms with Crippen LogP contribution in [0.3, 0.4) is 0 Å². The zero-order valence-corrected chi connectivity index (χ0v) is 12.4. The second-order valence-corrected chi connectivity index (χ2v) is 6.74. The van der Waals surface area contributed by atoms with Gasteiger partial charge in [-0.05, 0) is 36.5 Å². The number of hydrogen-bond acceptors (Lipinski definition) is 2. The van der Waals surface area contributed by atoms with Crippen molar-refractivity contribution < 1.29 is 0 Å². The van der Waals surface area contributed by atoms with E-state index in [2.05, 4.69) is 43.4 Å². The molecule has 0 spiro atoms. The van der Waals surface area contributed by atoms with E-state index in [-0.39, 0.29) is 0 Å². The lowest BCUT2D eigenvalue weighted by atomic mass is 10.1. The highest BCUT2D eigenvalue weighted by atomic mass is 32.2. The van der Waals surface area contributed by atoms with Crippen LogP contribution >= 0.6 is 11.8 Å². The summed E-state index contributed by atoms with van der Waals surface area (Å²) in [5, 5.41) is 3.48. The van der Waals surface area contributed by atoms with Gasteiger partial charge in [0.05, 0.1) is 0 Å². The van der Waals surface area contributed by atoms with E-state index in [1.807, 2.05) is 11.8 Å². The van der Waals surface area contributed by atoms with Gasteiger partial charge in [-0.25, -0.2) is 0 Å². The molecule has 0 unspecified atom stereocenters. The third kappa shape index (κ3) is 4.66. The molecule has 100 valence electrons. The number of thioether (sulfide) groups is 1. The van der Waals surface area contributed by atoms with Crippen LogP contribution in [0.1, 0.15) is 45.1 Å². The van der Waals surface area contributed by atoms with Gasteiger partial charge in [-0.15, -0.1) is 11.8 Å². The van der Waals surface area contributed by atoms with Crippen molar-refractivity contribution in [3.63, 3.8) is 0 Å². The Labute approximate surface area is 116 Å². The summed E-state index contributed by atoms with van der Waals surface area (Å²) in [5.74, 6) is 2.27. The quantitative estimate of drug-likeness (QED) is 0.760. The third-order valence-corrected chi connectivity index (χ3v) is 4.80. The van der Waals surface area contributed by atoms with Crippen molar-refractivity contribution in [3.05, 3.63) is 29.8 Å². The first-order valence-electron chi connectivity index (χ1n) is 7.19. The number of rotatable bonds is 6. The van der Waals surface area contributed by atoms with Gasteiger partial charge in [0.15, 0.2) is 0 Å². The lowest BCUT2D eigenvalue weighted by Crippen LogP contribution is -2.21. The summed E-state index contributed by atoms with van der Waals surface area (Å²) in [6, 6.07) is 9.55. The highest BCUT2D eigenvalue weighted by Gasteiger charge is 2.14. The first-order valence-corrected chi connectivity index (χ1v) is 8.17. The fourth-order valence-electron chi connectivity index (χ4n) is 2.46. The van der Waals surface area contributed by atoms with Crippen LogP contribution in [0.15, 0.2) is 29.2 Å². The van der Waals surface area contributed by atoms with Crippen LogP contribution in [0.4, 0.5) is 0 Å². The highest BCUT2D eigenvalue weighted by molar-refractivity contribution is 7.99. The standard InChI is InChI=1S/C16H25NS/c1-13(2)17-11-15-8-5-9-16(10-15)18-12-14-6-3-4-7-14/h5,8-10,13-14,17H,3-4,6-7,11-12H2,1-2H3. The molecule has 1 aliphatic rings. The van der Waals surface area contributed by atoms with Crippen molar-refractivity contribution in [3.8, 4) is 0 Å². The maximum atomic E-state index is 3.48. The van der Waals surface area contributed by atoms with Gasteiger partial charge in [-0.1, -0.05) is 38.8 Å². The minimum atomic E-state index is 0.555. The van der Waals surface area contributed by atoms with Gasteiger partial charge in [-0.3, -0.25) is 0 Å². The molecular weight excluding hydrogens is 238 g/mol. The number of benzene rings is 1. The summed E-state index contributed by atoms with van der Waals surface area (Å²) in [4.78, 5) is 1.44. The molecule has 1 N–H and O–H groups in total. The zero-order chi connectivity index (χ0) is 12.8. The molecule has 0 bridgehead atoms. The van der Waals surface area contributed by atoms with Gasteiger partial charge in [-0.2, -0.15) is 0 Å². The molecule has 0 heterocycles. The highest BCUT2D eigenvalue weighted by Crippen LogP contribution is 2.31. The van der Waals surface area contributed by atoms with Gasteiger partial charge in [0.25, 0.3) is 0 Å². The lowest BCUT2D eigenvalue weighted by Gasteiger charge is -2.11. The Balaban J connectivity index is 1.82. The molecule has 1 saturated carbocycles. The molecule has 1 aliphatic carbocycles. The van der Waals surface area contributed by atoms with Crippen molar-refractivity contribution in [1.29, 1.82) is 0 Å². The maximum Gasteiger partial charge on any atom is 0.0208 e. The Bertz CT molecular complexity index is 356. The average molecular weight is 263 g/mol. The summed E-state index contributed by atoms with van der Waals surface area (Å²) >= 11 is 2.04. The van der Waals surface area contributed by atoms with Gasteiger partial charge in [0.2, 0.25) is 0 Å². The van der Waals surface area contributed by atoms with Crippen molar-refractivity contribution in [1.82, 2.24) is 5.32 Å². The van der Waals surface area contributed by atoms with E-state index in [0.29, 0.717) is 6.04 Å². The Hall–Kier alpha value is -0.470. The Morgan fingerprint density at radius 1 is 1.28 bits per heavy atom. The molecule has 0 saturated heterocycles. The van der Waals surface area contributed by atoms with E-state index in [1.165, 1.54) is 41.9 Å².